The SMILES string of the molecule is CCSc1cnc(Cl)nc1Nc1ccc(CC(=O)OC)c(F)c1. The number of carbonyl (C=O) groups is 1. The lowest BCUT2D eigenvalue weighted by Gasteiger charge is -2.11. The smallest absolute Gasteiger partial charge is 0.310 e. The van der Waals surface area contributed by atoms with Gasteiger partial charge in [-0.15, -0.1) is 11.8 Å². The van der Waals surface area contributed by atoms with Gasteiger partial charge in [-0.2, -0.15) is 4.98 Å². The van der Waals surface area contributed by atoms with E-state index in [1.807, 2.05) is 6.92 Å². The molecule has 0 radical (unpaired) electrons. The summed E-state index contributed by atoms with van der Waals surface area (Å²) in [6.07, 6.45) is 1.51. The molecule has 23 heavy (non-hydrogen) atoms. The van der Waals surface area contributed by atoms with E-state index >= 15 is 0 Å². The van der Waals surface area contributed by atoms with Crippen molar-refractivity contribution >= 4 is 40.8 Å². The number of rotatable bonds is 6. The van der Waals surface area contributed by atoms with E-state index in [1.165, 1.54) is 19.2 Å². The molecular formula is C15H15ClFN3O2S. The fourth-order valence-corrected chi connectivity index (χ4v) is 2.64. The molecule has 1 aromatic heterocycles. The maximum Gasteiger partial charge on any atom is 0.310 e. The van der Waals surface area contributed by atoms with Crippen LogP contribution in [0.25, 0.3) is 0 Å². The number of methoxy groups -OCH3 is 1. The normalized spacial score (nSPS) is 10.4. The fraction of sp³-hybridized carbons (Fsp3) is 0.267. The molecular weight excluding hydrogens is 341 g/mol. The van der Waals surface area contributed by atoms with E-state index < -0.39 is 11.8 Å². The Morgan fingerprint density at radius 2 is 2.26 bits per heavy atom. The molecule has 0 saturated heterocycles. The summed E-state index contributed by atoms with van der Waals surface area (Å²) < 4.78 is 18.6. The number of halogens is 2. The predicted molar refractivity (Wildman–Crippen MR) is 88.8 cm³/mol. The number of nitrogens with zero attached hydrogens (tertiary/aromatic N) is 2. The first kappa shape index (κ1) is 17.5. The van der Waals surface area contributed by atoms with Gasteiger partial charge in [-0.05, 0) is 35.0 Å². The summed E-state index contributed by atoms with van der Waals surface area (Å²) in [7, 11) is 1.27. The van der Waals surface area contributed by atoms with Gasteiger partial charge in [-0.25, -0.2) is 9.37 Å². The second kappa shape index (κ2) is 8.12. The zero-order valence-electron chi connectivity index (χ0n) is 12.6. The number of aromatic nitrogens is 2. The van der Waals surface area contributed by atoms with Gasteiger partial charge in [0.15, 0.2) is 0 Å². The van der Waals surface area contributed by atoms with E-state index in [9.17, 15) is 9.18 Å². The highest BCUT2D eigenvalue weighted by atomic mass is 35.5. The van der Waals surface area contributed by atoms with E-state index in [0.29, 0.717) is 11.5 Å². The maximum absolute atomic E-state index is 14.1. The van der Waals surface area contributed by atoms with Crippen LogP contribution in [0.1, 0.15) is 12.5 Å². The fourth-order valence-electron chi connectivity index (χ4n) is 1.83. The number of hydrogen-bond acceptors (Lipinski definition) is 6. The van der Waals surface area contributed by atoms with Crippen LogP contribution >= 0.6 is 23.4 Å². The summed E-state index contributed by atoms with van der Waals surface area (Å²) in [5.41, 5.74) is 0.773. The lowest BCUT2D eigenvalue weighted by atomic mass is 10.1. The maximum atomic E-state index is 14.1. The molecule has 1 aromatic carbocycles. The Morgan fingerprint density at radius 1 is 1.48 bits per heavy atom. The minimum Gasteiger partial charge on any atom is -0.469 e. The van der Waals surface area contributed by atoms with E-state index in [1.54, 1.807) is 24.0 Å². The Hall–Kier alpha value is -1.86. The van der Waals surface area contributed by atoms with Gasteiger partial charge in [-0.3, -0.25) is 4.79 Å². The van der Waals surface area contributed by atoms with Gasteiger partial charge >= 0.3 is 5.97 Å². The van der Waals surface area contributed by atoms with Gasteiger partial charge < -0.3 is 10.1 Å². The van der Waals surface area contributed by atoms with Gasteiger partial charge in [0.05, 0.1) is 18.4 Å². The van der Waals surface area contributed by atoms with Gasteiger partial charge in [-0.1, -0.05) is 13.0 Å². The number of thioether (sulfide) groups is 1. The van der Waals surface area contributed by atoms with Gasteiger partial charge in [0.25, 0.3) is 0 Å². The molecule has 0 amide bonds. The van der Waals surface area contributed by atoms with Crippen molar-refractivity contribution in [3.63, 3.8) is 0 Å². The van der Waals surface area contributed by atoms with Crippen molar-refractivity contribution in [2.45, 2.75) is 18.2 Å². The molecule has 5 nitrogen and oxygen atoms in total. The number of esters is 1. The van der Waals surface area contributed by atoms with Crippen molar-refractivity contribution in [3.8, 4) is 0 Å². The molecule has 2 aromatic rings. The van der Waals surface area contributed by atoms with Gasteiger partial charge in [0.1, 0.15) is 11.6 Å². The first-order chi connectivity index (χ1) is 11.0. The summed E-state index contributed by atoms with van der Waals surface area (Å²) in [5, 5.41) is 3.13. The van der Waals surface area contributed by atoms with Crippen LogP contribution in [0.15, 0.2) is 29.3 Å². The second-order valence-electron chi connectivity index (χ2n) is 4.47. The van der Waals surface area contributed by atoms with Crippen LogP contribution in [0.3, 0.4) is 0 Å². The highest BCUT2D eigenvalue weighted by Crippen LogP contribution is 2.28. The standard InChI is InChI=1S/C15H15ClFN3O2S/c1-3-23-12-8-18-15(16)20-14(12)19-10-5-4-9(11(17)7-10)6-13(21)22-2/h4-5,7-8H,3,6H2,1-2H3,(H,18,19,20). The second-order valence-corrected chi connectivity index (χ2v) is 6.11. The Bertz CT molecular complexity index is 715. The minimum atomic E-state index is -0.495. The summed E-state index contributed by atoms with van der Waals surface area (Å²) in [6, 6.07) is 4.50. The van der Waals surface area contributed by atoms with E-state index in [2.05, 4.69) is 20.0 Å². The summed E-state index contributed by atoms with van der Waals surface area (Å²) in [6.45, 7) is 2.00. The van der Waals surface area contributed by atoms with Crippen molar-refractivity contribution in [1.82, 2.24) is 9.97 Å². The number of ether oxygens (including phenoxy) is 1. The largest absolute Gasteiger partial charge is 0.469 e. The highest BCUT2D eigenvalue weighted by molar-refractivity contribution is 7.99. The van der Waals surface area contributed by atoms with Crippen LogP contribution in [0.4, 0.5) is 15.9 Å². The molecule has 1 heterocycles. The molecule has 0 aliphatic carbocycles. The summed E-state index contributed by atoms with van der Waals surface area (Å²) in [5.74, 6) is 0.363. The number of anilines is 2. The van der Waals surface area contributed by atoms with Crippen LogP contribution < -0.4 is 5.32 Å². The lowest BCUT2D eigenvalue weighted by molar-refractivity contribution is -0.139. The van der Waals surface area contributed by atoms with Crippen molar-refractivity contribution in [3.05, 3.63) is 41.1 Å². The molecule has 0 saturated carbocycles. The van der Waals surface area contributed by atoms with Crippen LogP contribution in [0, 0.1) is 5.82 Å². The molecule has 0 bridgehead atoms. The number of carbonyl (C=O) groups excluding carboxylic acids is 1. The first-order valence-electron chi connectivity index (χ1n) is 6.81. The molecule has 0 atom stereocenters. The topological polar surface area (TPSA) is 64.1 Å². The number of hydrogen-bond donors (Lipinski definition) is 1. The van der Waals surface area contributed by atoms with Crippen molar-refractivity contribution in [2.75, 3.05) is 18.2 Å². The Labute approximate surface area is 142 Å². The average Bonchev–Trinajstić information content (AvgIpc) is 2.52. The Kier molecular flexibility index (Phi) is 6.18. The van der Waals surface area contributed by atoms with Crippen LogP contribution in [0.5, 0.6) is 0 Å². The van der Waals surface area contributed by atoms with Crippen molar-refractivity contribution in [2.24, 2.45) is 0 Å². The number of nitrogens with one attached hydrogen (secondary N) is 1. The van der Waals surface area contributed by atoms with E-state index in [-0.39, 0.29) is 17.3 Å². The molecule has 8 heteroatoms. The predicted octanol–water partition coefficient (Wildman–Crippen LogP) is 3.84. The molecule has 0 fully saturated rings. The third kappa shape index (κ3) is 4.80. The first-order valence-corrected chi connectivity index (χ1v) is 8.17. The molecule has 2 rings (SSSR count). The monoisotopic (exact) mass is 355 g/mol. The minimum absolute atomic E-state index is 0.107. The van der Waals surface area contributed by atoms with E-state index in [0.717, 1.165) is 10.6 Å². The van der Waals surface area contributed by atoms with Crippen LogP contribution in [-0.4, -0.2) is 28.8 Å². The zero-order chi connectivity index (χ0) is 16.8. The molecule has 0 unspecified atom stereocenters. The molecule has 0 aliphatic heterocycles. The Morgan fingerprint density at radius 3 is 2.91 bits per heavy atom. The van der Waals surface area contributed by atoms with Crippen LogP contribution in [-0.2, 0) is 16.0 Å². The average molecular weight is 356 g/mol. The molecule has 0 spiro atoms. The van der Waals surface area contributed by atoms with Crippen molar-refractivity contribution in [1.29, 1.82) is 0 Å². The van der Waals surface area contributed by atoms with Crippen molar-refractivity contribution < 1.29 is 13.9 Å². The summed E-state index contributed by atoms with van der Waals surface area (Å²) >= 11 is 7.36. The molecule has 122 valence electrons. The summed E-state index contributed by atoms with van der Waals surface area (Å²) in [4.78, 5) is 20.1. The lowest BCUT2D eigenvalue weighted by Crippen LogP contribution is -2.06. The quantitative estimate of drug-likeness (QED) is 0.482. The Balaban J connectivity index is 2.22. The van der Waals surface area contributed by atoms with Gasteiger partial charge in [0.2, 0.25) is 5.28 Å². The van der Waals surface area contributed by atoms with E-state index in [4.69, 9.17) is 11.6 Å². The zero-order valence-corrected chi connectivity index (χ0v) is 14.2. The van der Waals surface area contributed by atoms with Gasteiger partial charge in [0, 0.05) is 11.9 Å². The molecule has 1 N–H and O–H groups in total. The van der Waals surface area contributed by atoms with Crippen LogP contribution in [0.2, 0.25) is 5.28 Å². The molecule has 0 aliphatic rings. The number of benzene rings is 1. The third-order valence-corrected chi connectivity index (χ3v) is 3.98. The highest BCUT2D eigenvalue weighted by Gasteiger charge is 2.11. The third-order valence-electron chi connectivity index (χ3n) is 2.90.